The van der Waals surface area contributed by atoms with Crippen LogP contribution in [-0.2, 0) is 24.1 Å². The van der Waals surface area contributed by atoms with Crippen LogP contribution in [0.5, 0.6) is 5.75 Å². The molecule has 3 aromatic rings. The minimum absolute atomic E-state index is 0.105. The SMILES string of the molecule is Cc1cc(N2CCN(Cc3ccc(C(F)(F)F)cc3)CC2=O)nn1Cc1cc(Cl)ccc1OCC(C)C. The summed E-state index contributed by atoms with van der Waals surface area (Å²) in [4.78, 5) is 16.5. The first-order valence-electron chi connectivity index (χ1n) is 12.1. The Hall–Kier alpha value is -3.04. The number of hydrogen-bond acceptors (Lipinski definition) is 4. The molecule has 0 unspecified atom stereocenters. The van der Waals surface area contributed by atoms with Gasteiger partial charge >= 0.3 is 6.18 Å². The highest BCUT2D eigenvalue weighted by Crippen LogP contribution is 2.30. The summed E-state index contributed by atoms with van der Waals surface area (Å²) in [6.07, 6.45) is -4.36. The Labute approximate surface area is 219 Å². The fourth-order valence-electron chi connectivity index (χ4n) is 4.17. The van der Waals surface area contributed by atoms with E-state index in [0.717, 1.165) is 34.7 Å². The molecule has 0 saturated carbocycles. The van der Waals surface area contributed by atoms with E-state index in [0.29, 0.717) is 49.5 Å². The minimum atomic E-state index is -4.36. The Balaban J connectivity index is 1.41. The Morgan fingerprint density at radius 1 is 1.05 bits per heavy atom. The molecule has 1 aliphatic rings. The molecule has 2 heterocycles. The summed E-state index contributed by atoms with van der Waals surface area (Å²) < 4.78 is 46.2. The molecule has 1 amide bonds. The molecule has 0 atom stereocenters. The second-order valence-electron chi connectivity index (χ2n) is 9.71. The third-order valence-electron chi connectivity index (χ3n) is 6.15. The fraction of sp³-hybridized carbons (Fsp3) is 0.407. The van der Waals surface area contributed by atoms with Crippen LogP contribution in [0.4, 0.5) is 19.0 Å². The normalized spacial score (nSPS) is 15.0. The second-order valence-corrected chi connectivity index (χ2v) is 10.1. The molecular weight excluding hydrogens is 505 g/mol. The molecule has 10 heteroatoms. The molecule has 37 heavy (non-hydrogen) atoms. The zero-order valence-electron chi connectivity index (χ0n) is 21.1. The molecule has 0 spiro atoms. The van der Waals surface area contributed by atoms with Gasteiger partial charge in [-0.3, -0.25) is 19.3 Å². The average molecular weight is 535 g/mol. The standard InChI is InChI=1S/C27H30ClF3N4O2/c1-18(2)17-37-24-9-8-23(28)13-21(24)15-35-19(3)12-25(32-35)34-11-10-33(16-26(34)36)14-20-4-6-22(7-5-20)27(29,30)31/h4-9,12-13,18H,10-11,14-17H2,1-3H3. The van der Waals surface area contributed by atoms with Crippen LogP contribution in [0.25, 0.3) is 0 Å². The van der Waals surface area contributed by atoms with Gasteiger partial charge in [-0.15, -0.1) is 0 Å². The molecule has 0 N–H and O–H groups in total. The Kier molecular flexibility index (Phi) is 8.14. The number of aryl methyl sites for hydroxylation is 1. The quantitative estimate of drug-likeness (QED) is 0.367. The largest absolute Gasteiger partial charge is 0.493 e. The van der Waals surface area contributed by atoms with E-state index >= 15 is 0 Å². The zero-order chi connectivity index (χ0) is 26.7. The molecule has 1 saturated heterocycles. The number of carbonyl (C=O) groups excluding carboxylic acids is 1. The number of anilines is 1. The summed E-state index contributed by atoms with van der Waals surface area (Å²) in [6, 6.07) is 12.5. The van der Waals surface area contributed by atoms with Gasteiger partial charge in [-0.1, -0.05) is 37.6 Å². The molecule has 1 aromatic heterocycles. The van der Waals surface area contributed by atoms with Crippen molar-refractivity contribution in [2.45, 2.75) is 40.0 Å². The predicted octanol–water partition coefficient (Wildman–Crippen LogP) is 5.80. The summed E-state index contributed by atoms with van der Waals surface area (Å²) in [5.74, 6) is 1.60. The summed E-state index contributed by atoms with van der Waals surface area (Å²) in [7, 11) is 0. The molecule has 4 rings (SSSR count). The van der Waals surface area contributed by atoms with Gasteiger partial charge in [0, 0.05) is 42.0 Å². The topological polar surface area (TPSA) is 50.6 Å². The molecular formula is C27H30ClF3N4O2. The summed E-state index contributed by atoms with van der Waals surface area (Å²) in [6.45, 7) is 8.72. The molecule has 198 valence electrons. The first-order chi connectivity index (χ1) is 17.5. The lowest BCUT2D eigenvalue weighted by Crippen LogP contribution is -2.50. The highest BCUT2D eigenvalue weighted by Gasteiger charge is 2.30. The van der Waals surface area contributed by atoms with Crippen LogP contribution >= 0.6 is 11.6 Å². The molecule has 0 bridgehead atoms. The lowest BCUT2D eigenvalue weighted by Gasteiger charge is -2.33. The van der Waals surface area contributed by atoms with Crippen LogP contribution in [-0.4, -0.2) is 46.8 Å². The first kappa shape index (κ1) is 27.0. The number of hydrogen-bond donors (Lipinski definition) is 0. The van der Waals surface area contributed by atoms with Crippen molar-refractivity contribution in [2.24, 2.45) is 5.92 Å². The van der Waals surface area contributed by atoms with E-state index in [4.69, 9.17) is 16.3 Å². The van der Waals surface area contributed by atoms with E-state index < -0.39 is 11.7 Å². The third-order valence-corrected chi connectivity index (χ3v) is 6.38. The van der Waals surface area contributed by atoms with Crippen molar-refractivity contribution in [1.82, 2.24) is 14.7 Å². The number of ether oxygens (including phenoxy) is 1. The second kappa shape index (κ2) is 11.1. The van der Waals surface area contributed by atoms with Gasteiger partial charge in [-0.2, -0.15) is 18.3 Å². The van der Waals surface area contributed by atoms with Gasteiger partial charge in [-0.25, -0.2) is 0 Å². The van der Waals surface area contributed by atoms with Crippen molar-refractivity contribution in [3.05, 3.63) is 75.9 Å². The number of alkyl halides is 3. The number of nitrogens with zero attached hydrogens (tertiary/aromatic N) is 4. The Bertz CT molecular complexity index is 1240. The highest BCUT2D eigenvalue weighted by atomic mass is 35.5. The van der Waals surface area contributed by atoms with Crippen LogP contribution in [0, 0.1) is 12.8 Å². The van der Waals surface area contributed by atoms with E-state index in [1.165, 1.54) is 12.1 Å². The summed E-state index contributed by atoms with van der Waals surface area (Å²) in [5.41, 5.74) is 1.84. The molecule has 2 aromatic carbocycles. The molecule has 6 nitrogen and oxygen atoms in total. The predicted molar refractivity (Wildman–Crippen MR) is 137 cm³/mol. The van der Waals surface area contributed by atoms with E-state index in [9.17, 15) is 18.0 Å². The van der Waals surface area contributed by atoms with Gasteiger partial charge in [0.15, 0.2) is 5.82 Å². The van der Waals surface area contributed by atoms with Crippen molar-refractivity contribution >= 4 is 23.3 Å². The maximum absolute atomic E-state index is 13.0. The monoisotopic (exact) mass is 534 g/mol. The van der Waals surface area contributed by atoms with Gasteiger partial charge in [0.05, 0.1) is 25.3 Å². The third kappa shape index (κ3) is 6.84. The van der Waals surface area contributed by atoms with E-state index in [1.54, 1.807) is 11.0 Å². The van der Waals surface area contributed by atoms with Crippen LogP contribution in [0.2, 0.25) is 5.02 Å². The van der Waals surface area contributed by atoms with E-state index in [1.807, 2.05) is 34.7 Å². The van der Waals surface area contributed by atoms with Crippen molar-refractivity contribution in [2.75, 3.05) is 31.1 Å². The van der Waals surface area contributed by atoms with Gasteiger partial charge < -0.3 is 4.74 Å². The first-order valence-corrected chi connectivity index (χ1v) is 12.5. The van der Waals surface area contributed by atoms with Crippen molar-refractivity contribution < 1.29 is 22.7 Å². The number of halogens is 4. The fourth-order valence-corrected chi connectivity index (χ4v) is 4.37. The van der Waals surface area contributed by atoms with Gasteiger partial charge in [-0.05, 0) is 48.7 Å². The Morgan fingerprint density at radius 2 is 1.78 bits per heavy atom. The smallest absolute Gasteiger partial charge is 0.416 e. The van der Waals surface area contributed by atoms with E-state index in [2.05, 4.69) is 18.9 Å². The number of amides is 1. The number of carbonyl (C=O) groups is 1. The molecule has 0 aliphatic carbocycles. The number of piperazine rings is 1. The minimum Gasteiger partial charge on any atom is -0.493 e. The zero-order valence-corrected chi connectivity index (χ0v) is 21.8. The number of benzene rings is 2. The average Bonchev–Trinajstić information content (AvgIpc) is 3.18. The maximum atomic E-state index is 13.0. The van der Waals surface area contributed by atoms with Gasteiger partial charge in [0.25, 0.3) is 0 Å². The Morgan fingerprint density at radius 3 is 2.43 bits per heavy atom. The number of aromatic nitrogens is 2. The molecule has 1 aliphatic heterocycles. The number of rotatable bonds is 8. The van der Waals surface area contributed by atoms with E-state index in [-0.39, 0.29) is 12.5 Å². The van der Waals surface area contributed by atoms with Crippen molar-refractivity contribution in [3.8, 4) is 5.75 Å². The molecule has 1 fully saturated rings. The van der Waals surface area contributed by atoms with Gasteiger partial charge in [0.2, 0.25) is 5.91 Å². The van der Waals surface area contributed by atoms with Crippen molar-refractivity contribution in [3.63, 3.8) is 0 Å². The summed E-state index contributed by atoms with van der Waals surface area (Å²) >= 11 is 6.24. The van der Waals surface area contributed by atoms with Crippen LogP contribution < -0.4 is 9.64 Å². The highest BCUT2D eigenvalue weighted by molar-refractivity contribution is 6.30. The summed E-state index contributed by atoms with van der Waals surface area (Å²) in [5, 5.41) is 5.29. The van der Waals surface area contributed by atoms with Gasteiger partial charge in [0.1, 0.15) is 5.75 Å². The van der Waals surface area contributed by atoms with Crippen LogP contribution in [0.15, 0.2) is 48.5 Å². The van der Waals surface area contributed by atoms with Crippen molar-refractivity contribution in [1.29, 1.82) is 0 Å². The van der Waals surface area contributed by atoms with Crippen LogP contribution in [0.3, 0.4) is 0 Å². The maximum Gasteiger partial charge on any atom is 0.416 e. The lowest BCUT2D eigenvalue weighted by atomic mass is 10.1. The lowest BCUT2D eigenvalue weighted by molar-refractivity contribution is -0.137. The van der Waals surface area contributed by atoms with Crippen LogP contribution in [0.1, 0.15) is 36.2 Å². The molecule has 0 radical (unpaired) electrons.